The van der Waals surface area contributed by atoms with Gasteiger partial charge >= 0.3 is 0 Å². The summed E-state index contributed by atoms with van der Waals surface area (Å²) in [5, 5.41) is 6.56. The fourth-order valence-corrected chi connectivity index (χ4v) is 1.93. The molecular weight excluding hydrogens is 254 g/mol. The topological polar surface area (TPSA) is 81.2 Å². The summed E-state index contributed by atoms with van der Waals surface area (Å²) < 4.78 is 5.07. The van der Waals surface area contributed by atoms with Crippen molar-refractivity contribution >= 4 is 17.5 Å². The molecule has 1 heterocycles. The van der Waals surface area contributed by atoms with Crippen LogP contribution in [0.15, 0.2) is 28.8 Å². The van der Waals surface area contributed by atoms with E-state index in [0.717, 1.165) is 22.5 Å². The Kier molecular flexibility index (Phi) is 4.08. The molecule has 1 aromatic heterocycles. The minimum atomic E-state index is -0.0893. The lowest BCUT2D eigenvalue weighted by Crippen LogP contribution is -2.14. The lowest BCUT2D eigenvalue weighted by atomic mass is 9.97. The van der Waals surface area contributed by atoms with Crippen LogP contribution >= 0.6 is 0 Å². The number of hydrogen-bond acceptors (Lipinski definition) is 4. The third kappa shape index (κ3) is 3.17. The third-order valence-electron chi connectivity index (χ3n) is 3.41. The first-order chi connectivity index (χ1) is 9.47. The molecule has 0 aliphatic carbocycles. The minimum absolute atomic E-state index is 0.0893. The fourth-order valence-electron chi connectivity index (χ4n) is 1.93. The molecule has 1 unspecified atom stereocenters. The maximum atomic E-state index is 12.0. The summed E-state index contributed by atoms with van der Waals surface area (Å²) in [5.74, 6) is 0.450. The van der Waals surface area contributed by atoms with Crippen molar-refractivity contribution in [1.29, 1.82) is 0 Å². The van der Waals surface area contributed by atoms with E-state index in [4.69, 9.17) is 10.3 Å². The summed E-state index contributed by atoms with van der Waals surface area (Å²) in [6.45, 7) is 5.71. The lowest BCUT2D eigenvalue weighted by molar-refractivity contribution is -0.116. The summed E-state index contributed by atoms with van der Waals surface area (Å²) in [6.07, 6.45) is 0.378. The molecule has 0 bridgehead atoms. The Bertz CT molecular complexity index is 602. The van der Waals surface area contributed by atoms with E-state index in [0.29, 0.717) is 12.3 Å². The largest absolute Gasteiger partial charge is 0.399 e. The van der Waals surface area contributed by atoms with Gasteiger partial charge in [-0.25, -0.2) is 0 Å². The van der Waals surface area contributed by atoms with Crippen LogP contribution in [0.2, 0.25) is 0 Å². The van der Waals surface area contributed by atoms with Crippen LogP contribution in [0.4, 0.5) is 11.6 Å². The number of aryl methyl sites for hydroxylation is 1. The summed E-state index contributed by atoms with van der Waals surface area (Å²) in [5.41, 5.74) is 9.10. The number of nitrogens with zero attached hydrogens (tertiary/aromatic N) is 1. The molecule has 5 heteroatoms. The van der Waals surface area contributed by atoms with Crippen molar-refractivity contribution in [3.63, 3.8) is 0 Å². The smallest absolute Gasteiger partial charge is 0.234 e. The maximum Gasteiger partial charge on any atom is 0.234 e. The van der Waals surface area contributed by atoms with Crippen LogP contribution in [0.5, 0.6) is 0 Å². The van der Waals surface area contributed by atoms with E-state index < -0.39 is 0 Å². The van der Waals surface area contributed by atoms with E-state index in [-0.39, 0.29) is 11.8 Å². The van der Waals surface area contributed by atoms with Crippen molar-refractivity contribution in [2.45, 2.75) is 33.1 Å². The molecule has 0 saturated heterocycles. The molecule has 0 fully saturated rings. The molecule has 5 nitrogen and oxygen atoms in total. The van der Waals surface area contributed by atoms with Gasteiger partial charge in [0.2, 0.25) is 11.8 Å². The minimum Gasteiger partial charge on any atom is -0.399 e. The summed E-state index contributed by atoms with van der Waals surface area (Å²) in [6, 6.07) is 7.57. The molecule has 3 N–H and O–H groups in total. The molecule has 0 spiro atoms. The van der Waals surface area contributed by atoms with Gasteiger partial charge in [-0.2, -0.15) is 0 Å². The number of benzene rings is 1. The second-order valence-electron chi connectivity index (χ2n) is 5.04. The zero-order valence-corrected chi connectivity index (χ0v) is 11.9. The molecule has 1 aromatic carbocycles. The average Bonchev–Trinajstić information content (AvgIpc) is 2.71. The first-order valence-electron chi connectivity index (χ1n) is 6.55. The van der Waals surface area contributed by atoms with Crippen LogP contribution < -0.4 is 11.1 Å². The highest BCUT2D eigenvalue weighted by molar-refractivity contribution is 5.90. The van der Waals surface area contributed by atoms with Crippen LogP contribution in [0.25, 0.3) is 0 Å². The predicted octanol–water partition coefficient (Wildman–Crippen LogP) is 3.01. The number of nitrogens with one attached hydrogen (secondary N) is 1. The van der Waals surface area contributed by atoms with Crippen molar-refractivity contribution in [3.8, 4) is 0 Å². The van der Waals surface area contributed by atoms with Gasteiger partial charge in [-0.05, 0) is 37.5 Å². The second kappa shape index (κ2) is 5.77. The Morgan fingerprint density at radius 2 is 2.00 bits per heavy atom. The number of rotatable bonds is 4. The Morgan fingerprint density at radius 3 is 2.55 bits per heavy atom. The van der Waals surface area contributed by atoms with Gasteiger partial charge in [-0.3, -0.25) is 10.1 Å². The molecule has 1 atom stereocenters. The SMILES string of the molecule is Cc1noc(NC(=O)CC(C)c2ccc(N)cc2)c1C. The Morgan fingerprint density at radius 1 is 1.35 bits per heavy atom. The van der Waals surface area contributed by atoms with Gasteiger partial charge in [0.05, 0.1) is 5.69 Å². The Labute approximate surface area is 118 Å². The van der Waals surface area contributed by atoms with Crippen molar-refractivity contribution in [1.82, 2.24) is 5.16 Å². The van der Waals surface area contributed by atoms with Crippen LogP contribution in [0.1, 0.15) is 36.1 Å². The van der Waals surface area contributed by atoms with E-state index in [9.17, 15) is 4.79 Å². The Balaban J connectivity index is 1.97. The van der Waals surface area contributed by atoms with E-state index >= 15 is 0 Å². The number of amides is 1. The Hall–Kier alpha value is -2.30. The number of anilines is 2. The molecular formula is C15H19N3O2. The summed E-state index contributed by atoms with van der Waals surface area (Å²) in [7, 11) is 0. The van der Waals surface area contributed by atoms with Crippen molar-refractivity contribution in [2.75, 3.05) is 11.1 Å². The van der Waals surface area contributed by atoms with Crippen molar-refractivity contribution in [2.24, 2.45) is 0 Å². The normalized spacial score (nSPS) is 12.2. The molecule has 0 aliphatic rings. The highest BCUT2D eigenvalue weighted by Crippen LogP contribution is 2.22. The highest BCUT2D eigenvalue weighted by Gasteiger charge is 2.15. The molecule has 2 rings (SSSR count). The van der Waals surface area contributed by atoms with Gasteiger partial charge in [0.1, 0.15) is 0 Å². The first kappa shape index (κ1) is 14.1. The van der Waals surface area contributed by atoms with Crippen LogP contribution in [0.3, 0.4) is 0 Å². The van der Waals surface area contributed by atoms with E-state index in [1.807, 2.05) is 45.0 Å². The van der Waals surface area contributed by atoms with Gasteiger partial charge in [-0.1, -0.05) is 24.2 Å². The number of aromatic nitrogens is 1. The zero-order valence-electron chi connectivity index (χ0n) is 11.9. The standard InChI is InChI=1S/C15H19N3O2/c1-9(12-4-6-13(16)7-5-12)8-14(19)17-15-10(2)11(3)18-20-15/h4-7,9H,8,16H2,1-3H3,(H,17,19). The number of hydrogen-bond donors (Lipinski definition) is 2. The number of nitrogens with two attached hydrogens (primary N) is 1. The van der Waals surface area contributed by atoms with Gasteiger partial charge in [0, 0.05) is 17.7 Å². The lowest BCUT2D eigenvalue weighted by Gasteiger charge is -2.11. The second-order valence-corrected chi connectivity index (χ2v) is 5.04. The number of carbonyl (C=O) groups excluding carboxylic acids is 1. The average molecular weight is 273 g/mol. The predicted molar refractivity (Wildman–Crippen MR) is 78.5 cm³/mol. The molecule has 0 radical (unpaired) electrons. The van der Waals surface area contributed by atoms with Crippen molar-refractivity contribution < 1.29 is 9.32 Å². The van der Waals surface area contributed by atoms with E-state index in [1.165, 1.54) is 0 Å². The van der Waals surface area contributed by atoms with E-state index in [1.54, 1.807) is 0 Å². The summed E-state index contributed by atoms with van der Waals surface area (Å²) >= 11 is 0. The summed E-state index contributed by atoms with van der Waals surface area (Å²) in [4.78, 5) is 12.0. The number of nitrogen functional groups attached to an aromatic ring is 1. The zero-order chi connectivity index (χ0) is 14.7. The third-order valence-corrected chi connectivity index (χ3v) is 3.41. The molecule has 20 heavy (non-hydrogen) atoms. The molecule has 0 saturated carbocycles. The van der Waals surface area contributed by atoms with Gasteiger partial charge in [-0.15, -0.1) is 0 Å². The molecule has 106 valence electrons. The van der Waals surface area contributed by atoms with Crippen LogP contribution in [0, 0.1) is 13.8 Å². The molecule has 0 aliphatic heterocycles. The van der Waals surface area contributed by atoms with Gasteiger partial charge < -0.3 is 10.3 Å². The number of carbonyl (C=O) groups is 1. The maximum absolute atomic E-state index is 12.0. The van der Waals surface area contributed by atoms with Gasteiger partial charge in [0.15, 0.2) is 0 Å². The highest BCUT2D eigenvalue weighted by atomic mass is 16.5. The van der Waals surface area contributed by atoms with Crippen LogP contribution in [-0.2, 0) is 4.79 Å². The van der Waals surface area contributed by atoms with Gasteiger partial charge in [0.25, 0.3) is 0 Å². The molecule has 2 aromatic rings. The fraction of sp³-hybridized carbons (Fsp3) is 0.333. The molecule has 1 amide bonds. The van der Waals surface area contributed by atoms with Crippen LogP contribution in [-0.4, -0.2) is 11.1 Å². The monoisotopic (exact) mass is 273 g/mol. The van der Waals surface area contributed by atoms with E-state index in [2.05, 4.69) is 10.5 Å². The first-order valence-corrected chi connectivity index (χ1v) is 6.55. The van der Waals surface area contributed by atoms with Crippen molar-refractivity contribution in [3.05, 3.63) is 41.1 Å². The quantitative estimate of drug-likeness (QED) is 0.839.